The number of hydrogen-bond donors (Lipinski definition) is 1. The number of alkyl halides is 2. The zero-order valence-corrected chi connectivity index (χ0v) is 12.7. The molecule has 0 fully saturated rings. The Kier molecular flexibility index (Phi) is 3.46. The van der Waals surface area contributed by atoms with Gasteiger partial charge in [0.2, 0.25) is 5.82 Å². The van der Waals surface area contributed by atoms with Gasteiger partial charge in [0.1, 0.15) is 11.6 Å². The van der Waals surface area contributed by atoms with Gasteiger partial charge in [0, 0.05) is 24.4 Å². The Morgan fingerprint density at radius 3 is 2.52 bits per heavy atom. The fourth-order valence-corrected chi connectivity index (χ4v) is 2.08. The number of aryl methyl sites for hydroxylation is 2. The Morgan fingerprint density at radius 1 is 1.13 bits per heavy atom. The lowest BCUT2D eigenvalue weighted by atomic mass is 10.2. The number of aromatic nitrogens is 4. The number of anilines is 2. The number of rotatable bonds is 3. The van der Waals surface area contributed by atoms with E-state index in [9.17, 15) is 13.2 Å². The third-order valence-electron chi connectivity index (χ3n) is 3.28. The van der Waals surface area contributed by atoms with Crippen LogP contribution in [0.3, 0.4) is 0 Å². The first kappa shape index (κ1) is 15.3. The number of fused-ring (bicyclic) bond motifs is 1. The molecule has 0 saturated carbocycles. The van der Waals surface area contributed by atoms with E-state index < -0.39 is 11.7 Å². The van der Waals surface area contributed by atoms with E-state index in [1.807, 2.05) is 0 Å². The molecular weight excluding hydrogens is 307 g/mol. The van der Waals surface area contributed by atoms with E-state index in [4.69, 9.17) is 0 Å². The maximum Gasteiger partial charge on any atom is 0.305 e. The second kappa shape index (κ2) is 5.22. The lowest BCUT2D eigenvalue weighted by molar-refractivity contribution is 0.00801. The Morgan fingerprint density at radius 2 is 1.87 bits per heavy atom. The number of halogens is 3. The molecule has 23 heavy (non-hydrogen) atoms. The third kappa shape index (κ3) is 2.96. The van der Waals surface area contributed by atoms with Crippen molar-refractivity contribution in [1.82, 2.24) is 19.6 Å². The summed E-state index contributed by atoms with van der Waals surface area (Å²) in [7, 11) is 0. The molecular formula is C15H14F3N5. The predicted octanol–water partition coefficient (Wildman–Crippen LogP) is 3.74. The summed E-state index contributed by atoms with van der Waals surface area (Å²) in [6.07, 6.45) is 0. The zero-order valence-electron chi connectivity index (χ0n) is 12.7. The van der Waals surface area contributed by atoms with E-state index >= 15 is 0 Å². The molecule has 0 saturated heterocycles. The van der Waals surface area contributed by atoms with Gasteiger partial charge in [-0.15, -0.1) is 5.10 Å². The summed E-state index contributed by atoms with van der Waals surface area (Å²) in [5.41, 5.74) is 1.56. The standard InChI is InChI=1S/C15H14F3N5/c1-8-4-5-10(7-11(8)16)20-12-6-9(2)19-14-21-13(15(3,17)18)22-23(12)14/h4-7,20H,1-3H3. The van der Waals surface area contributed by atoms with Crippen molar-refractivity contribution in [2.24, 2.45) is 0 Å². The summed E-state index contributed by atoms with van der Waals surface area (Å²) in [5, 5.41) is 6.75. The quantitative estimate of drug-likeness (QED) is 0.798. The lowest BCUT2D eigenvalue weighted by Crippen LogP contribution is -2.10. The van der Waals surface area contributed by atoms with Crippen molar-refractivity contribution in [3.63, 3.8) is 0 Å². The molecule has 0 aliphatic carbocycles. The van der Waals surface area contributed by atoms with Gasteiger partial charge in [0.25, 0.3) is 5.78 Å². The van der Waals surface area contributed by atoms with Crippen molar-refractivity contribution in [2.75, 3.05) is 5.32 Å². The van der Waals surface area contributed by atoms with E-state index in [1.165, 1.54) is 10.6 Å². The molecule has 2 heterocycles. The van der Waals surface area contributed by atoms with Gasteiger partial charge in [0.15, 0.2) is 0 Å². The first-order valence-electron chi connectivity index (χ1n) is 6.90. The fraction of sp³-hybridized carbons (Fsp3) is 0.267. The first-order valence-corrected chi connectivity index (χ1v) is 6.90. The SMILES string of the molecule is Cc1cc(Nc2ccc(C)c(F)c2)n2nc(C(C)(F)F)nc2n1. The van der Waals surface area contributed by atoms with Crippen LogP contribution in [0.4, 0.5) is 24.7 Å². The molecule has 0 spiro atoms. The molecule has 0 atom stereocenters. The summed E-state index contributed by atoms with van der Waals surface area (Å²) in [6, 6.07) is 6.25. The zero-order chi connectivity index (χ0) is 16.8. The van der Waals surface area contributed by atoms with Crippen molar-refractivity contribution < 1.29 is 13.2 Å². The van der Waals surface area contributed by atoms with Crippen LogP contribution < -0.4 is 5.32 Å². The van der Waals surface area contributed by atoms with Crippen LogP contribution in [0.15, 0.2) is 24.3 Å². The van der Waals surface area contributed by atoms with Crippen LogP contribution in [0.5, 0.6) is 0 Å². The minimum atomic E-state index is -3.17. The van der Waals surface area contributed by atoms with Gasteiger partial charge < -0.3 is 5.32 Å². The molecule has 120 valence electrons. The molecule has 3 rings (SSSR count). The molecule has 0 bridgehead atoms. The van der Waals surface area contributed by atoms with Crippen LogP contribution in [-0.2, 0) is 5.92 Å². The highest BCUT2D eigenvalue weighted by Gasteiger charge is 2.30. The summed E-state index contributed by atoms with van der Waals surface area (Å²) < 4.78 is 41.7. The summed E-state index contributed by atoms with van der Waals surface area (Å²) in [5.74, 6) is -3.73. The third-order valence-corrected chi connectivity index (χ3v) is 3.28. The van der Waals surface area contributed by atoms with Crippen molar-refractivity contribution in [1.29, 1.82) is 0 Å². The Labute approximate surface area is 130 Å². The highest BCUT2D eigenvalue weighted by molar-refractivity contribution is 5.59. The lowest BCUT2D eigenvalue weighted by Gasteiger charge is -2.09. The summed E-state index contributed by atoms with van der Waals surface area (Å²) in [4.78, 5) is 7.84. The summed E-state index contributed by atoms with van der Waals surface area (Å²) >= 11 is 0. The van der Waals surface area contributed by atoms with Crippen molar-refractivity contribution >= 4 is 17.3 Å². The second-order valence-electron chi connectivity index (χ2n) is 5.41. The van der Waals surface area contributed by atoms with E-state index in [2.05, 4.69) is 20.4 Å². The minimum Gasteiger partial charge on any atom is -0.340 e. The Bertz CT molecular complexity index is 883. The topological polar surface area (TPSA) is 55.1 Å². The predicted molar refractivity (Wildman–Crippen MR) is 79.5 cm³/mol. The smallest absolute Gasteiger partial charge is 0.305 e. The van der Waals surface area contributed by atoms with E-state index in [0.717, 1.165) is 6.92 Å². The molecule has 3 aromatic rings. The van der Waals surface area contributed by atoms with Gasteiger partial charge in [-0.3, -0.25) is 0 Å². The van der Waals surface area contributed by atoms with Crippen molar-refractivity contribution in [3.05, 3.63) is 47.2 Å². The molecule has 0 amide bonds. The second-order valence-corrected chi connectivity index (χ2v) is 5.41. The van der Waals surface area contributed by atoms with Crippen molar-refractivity contribution in [2.45, 2.75) is 26.7 Å². The molecule has 8 heteroatoms. The highest BCUT2D eigenvalue weighted by atomic mass is 19.3. The maximum absolute atomic E-state index is 13.6. The summed E-state index contributed by atoms with van der Waals surface area (Å²) in [6.45, 7) is 4.08. The Hall–Kier alpha value is -2.64. The molecule has 0 aliphatic rings. The van der Waals surface area contributed by atoms with Crippen LogP contribution in [0.2, 0.25) is 0 Å². The number of nitrogens with one attached hydrogen (secondary N) is 1. The molecule has 5 nitrogen and oxygen atoms in total. The average Bonchev–Trinajstić information content (AvgIpc) is 2.87. The van der Waals surface area contributed by atoms with Crippen LogP contribution in [0, 0.1) is 19.7 Å². The number of nitrogens with zero attached hydrogens (tertiary/aromatic N) is 4. The average molecular weight is 321 g/mol. The molecule has 2 aromatic heterocycles. The first-order chi connectivity index (χ1) is 10.7. The number of benzene rings is 1. The van der Waals surface area contributed by atoms with Gasteiger partial charge in [-0.05, 0) is 31.5 Å². The van der Waals surface area contributed by atoms with Gasteiger partial charge in [0.05, 0.1) is 0 Å². The van der Waals surface area contributed by atoms with Gasteiger partial charge in [-0.25, -0.2) is 9.37 Å². The maximum atomic E-state index is 13.6. The molecule has 1 aromatic carbocycles. The molecule has 0 unspecified atom stereocenters. The minimum absolute atomic E-state index is 0.0524. The van der Waals surface area contributed by atoms with E-state index in [-0.39, 0.29) is 11.6 Å². The molecule has 0 aliphatic heterocycles. The van der Waals surface area contributed by atoms with Crippen LogP contribution >= 0.6 is 0 Å². The van der Waals surface area contributed by atoms with Gasteiger partial charge in [-0.2, -0.15) is 18.3 Å². The van der Waals surface area contributed by atoms with E-state index in [1.54, 1.807) is 32.0 Å². The van der Waals surface area contributed by atoms with Crippen LogP contribution in [0.1, 0.15) is 24.0 Å². The fourth-order valence-electron chi connectivity index (χ4n) is 2.08. The van der Waals surface area contributed by atoms with Crippen LogP contribution in [-0.4, -0.2) is 19.6 Å². The van der Waals surface area contributed by atoms with Gasteiger partial charge in [-0.1, -0.05) is 6.07 Å². The number of hydrogen-bond acceptors (Lipinski definition) is 4. The highest BCUT2D eigenvalue weighted by Crippen LogP contribution is 2.26. The van der Waals surface area contributed by atoms with Crippen LogP contribution in [0.25, 0.3) is 5.78 Å². The normalized spacial score (nSPS) is 11.9. The van der Waals surface area contributed by atoms with Crippen molar-refractivity contribution in [3.8, 4) is 0 Å². The van der Waals surface area contributed by atoms with Gasteiger partial charge >= 0.3 is 5.92 Å². The monoisotopic (exact) mass is 321 g/mol. The molecule has 0 radical (unpaired) electrons. The molecule has 1 N–H and O–H groups in total. The Balaban J connectivity index is 2.09. The van der Waals surface area contributed by atoms with E-state index in [0.29, 0.717) is 22.8 Å². The largest absolute Gasteiger partial charge is 0.340 e.